The molecular formula is C12H16ClN3O4. The van der Waals surface area contributed by atoms with E-state index in [9.17, 15) is 14.4 Å². The summed E-state index contributed by atoms with van der Waals surface area (Å²) in [6, 6.07) is 0.0826. The molecule has 0 bridgehead atoms. The van der Waals surface area contributed by atoms with Crippen LogP contribution in [-0.2, 0) is 16.1 Å². The normalized spacial score (nSPS) is 11.9. The second kappa shape index (κ2) is 6.95. The fourth-order valence-corrected chi connectivity index (χ4v) is 1.95. The minimum atomic E-state index is -1.36. The van der Waals surface area contributed by atoms with Crippen LogP contribution in [-0.4, -0.2) is 33.5 Å². The average Bonchev–Trinajstić information content (AvgIpc) is 2.69. The number of hydrogen-bond donors (Lipinski definition) is 3. The molecule has 20 heavy (non-hydrogen) atoms. The highest BCUT2D eigenvalue weighted by molar-refractivity contribution is 6.31. The van der Waals surface area contributed by atoms with Crippen molar-refractivity contribution in [3.8, 4) is 0 Å². The van der Waals surface area contributed by atoms with Crippen molar-refractivity contribution in [1.82, 2.24) is 9.88 Å². The standard InChI is InChI=1S/C12H16ClN3O4/c1-2-3-16-6-7(13)4-9(16)11(18)15-8(12(19)20)5-10(14)17/h4,6,8H,2-3,5H2,1H3,(H2,14,17)(H,15,18)(H,19,20). The number of amides is 2. The highest BCUT2D eigenvalue weighted by Gasteiger charge is 2.24. The van der Waals surface area contributed by atoms with Crippen LogP contribution >= 0.6 is 11.6 Å². The van der Waals surface area contributed by atoms with Crippen LogP contribution in [0.5, 0.6) is 0 Å². The molecule has 2 amide bonds. The smallest absolute Gasteiger partial charge is 0.326 e. The van der Waals surface area contributed by atoms with Gasteiger partial charge in [0.05, 0.1) is 11.4 Å². The molecule has 0 aliphatic carbocycles. The Morgan fingerprint density at radius 1 is 1.50 bits per heavy atom. The van der Waals surface area contributed by atoms with Gasteiger partial charge in [-0.25, -0.2) is 4.79 Å². The van der Waals surface area contributed by atoms with Crippen molar-refractivity contribution >= 4 is 29.4 Å². The van der Waals surface area contributed by atoms with E-state index in [0.29, 0.717) is 11.6 Å². The van der Waals surface area contributed by atoms with Crippen LogP contribution in [0.15, 0.2) is 12.3 Å². The van der Waals surface area contributed by atoms with Gasteiger partial charge >= 0.3 is 5.97 Å². The summed E-state index contributed by atoms with van der Waals surface area (Å²) in [6.45, 7) is 2.51. The molecule has 8 heteroatoms. The second-order valence-electron chi connectivity index (χ2n) is 4.27. The molecule has 0 aliphatic heterocycles. The summed E-state index contributed by atoms with van der Waals surface area (Å²) in [7, 11) is 0. The first-order valence-corrected chi connectivity index (χ1v) is 6.40. The summed E-state index contributed by atoms with van der Waals surface area (Å²) in [4.78, 5) is 33.8. The van der Waals surface area contributed by atoms with Gasteiger partial charge in [0.1, 0.15) is 11.7 Å². The largest absolute Gasteiger partial charge is 0.480 e. The first kappa shape index (κ1) is 16.0. The molecule has 0 spiro atoms. The van der Waals surface area contributed by atoms with Gasteiger partial charge in [-0.3, -0.25) is 9.59 Å². The number of carbonyl (C=O) groups excluding carboxylic acids is 2. The van der Waals surface area contributed by atoms with Gasteiger partial charge in [-0.15, -0.1) is 0 Å². The van der Waals surface area contributed by atoms with Gasteiger partial charge in [-0.2, -0.15) is 0 Å². The van der Waals surface area contributed by atoms with E-state index in [4.69, 9.17) is 22.4 Å². The maximum atomic E-state index is 12.0. The monoisotopic (exact) mass is 301 g/mol. The zero-order chi connectivity index (χ0) is 15.3. The average molecular weight is 302 g/mol. The Balaban J connectivity index is 2.88. The third kappa shape index (κ3) is 4.27. The minimum absolute atomic E-state index is 0.243. The van der Waals surface area contributed by atoms with Gasteiger partial charge in [0, 0.05) is 12.7 Å². The fraction of sp³-hybridized carbons (Fsp3) is 0.417. The van der Waals surface area contributed by atoms with Crippen molar-refractivity contribution < 1.29 is 19.5 Å². The number of halogens is 1. The first-order chi connectivity index (χ1) is 9.35. The zero-order valence-electron chi connectivity index (χ0n) is 10.9. The summed E-state index contributed by atoms with van der Waals surface area (Å²) < 4.78 is 1.63. The van der Waals surface area contributed by atoms with E-state index >= 15 is 0 Å². The van der Waals surface area contributed by atoms with Crippen LogP contribution in [0.1, 0.15) is 30.3 Å². The van der Waals surface area contributed by atoms with E-state index in [0.717, 1.165) is 6.42 Å². The number of nitrogens with one attached hydrogen (secondary N) is 1. The van der Waals surface area contributed by atoms with Crippen molar-refractivity contribution in [2.75, 3.05) is 0 Å². The number of nitrogens with two attached hydrogens (primary N) is 1. The van der Waals surface area contributed by atoms with Gasteiger partial charge in [-0.1, -0.05) is 18.5 Å². The molecule has 4 N–H and O–H groups in total. The predicted octanol–water partition coefficient (Wildman–Crippen LogP) is 0.610. The van der Waals surface area contributed by atoms with Crippen LogP contribution < -0.4 is 11.1 Å². The molecule has 0 radical (unpaired) electrons. The molecule has 0 fully saturated rings. The quantitative estimate of drug-likeness (QED) is 0.684. The van der Waals surface area contributed by atoms with Crippen LogP contribution in [0.4, 0.5) is 0 Å². The first-order valence-electron chi connectivity index (χ1n) is 6.02. The van der Waals surface area contributed by atoms with E-state index in [1.807, 2.05) is 6.92 Å². The van der Waals surface area contributed by atoms with Crippen molar-refractivity contribution in [2.24, 2.45) is 5.73 Å². The van der Waals surface area contributed by atoms with Crippen LogP contribution in [0, 0.1) is 0 Å². The Hall–Kier alpha value is -2.02. The molecule has 1 aromatic heterocycles. The van der Waals surface area contributed by atoms with E-state index < -0.39 is 30.2 Å². The Kier molecular flexibility index (Phi) is 5.57. The maximum Gasteiger partial charge on any atom is 0.326 e. The van der Waals surface area contributed by atoms with E-state index in [1.165, 1.54) is 6.07 Å². The highest BCUT2D eigenvalue weighted by atomic mass is 35.5. The van der Waals surface area contributed by atoms with Crippen molar-refractivity contribution in [2.45, 2.75) is 32.4 Å². The molecule has 0 saturated carbocycles. The molecule has 7 nitrogen and oxygen atoms in total. The fourth-order valence-electron chi connectivity index (χ4n) is 1.72. The Morgan fingerprint density at radius 3 is 2.65 bits per heavy atom. The maximum absolute atomic E-state index is 12.0. The highest BCUT2D eigenvalue weighted by Crippen LogP contribution is 2.15. The Morgan fingerprint density at radius 2 is 2.15 bits per heavy atom. The minimum Gasteiger partial charge on any atom is -0.480 e. The number of rotatable bonds is 7. The molecule has 0 aliphatic rings. The van der Waals surface area contributed by atoms with Gasteiger partial charge in [0.2, 0.25) is 5.91 Å². The number of hydrogen-bond acceptors (Lipinski definition) is 3. The summed E-state index contributed by atoms with van der Waals surface area (Å²) in [6.07, 6.45) is 1.90. The topological polar surface area (TPSA) is 114 Å². The van der Waals surface area contributed by atoms with Gasteiger partial charge in [-0.05, 0) is 12.5 Å². The lowest BCUT2D eigenvalue weighted by atomic mass is 10.2. The van der Waals surface area contributed by atoms with Crippen molar-refractivity contribution in [1.29, 1.82) is 0 Å². The summed E-state index contributed by atoms with van der Waals surface area (Å²) in [5.41, 5.74) is 5.19. The second-order valence-corrected chi connectivity index (χ2v) is 4.71. The third-order valence-corrected chi connectivity index (χ3v) is 2.78. The predicted molar refractivity (Wildman–Crippen MR) is 72.4 cm³/mol. The molecular weight excluding hydrogens is 286 g/mol. The Labute approximate surface area is 120 Å². The van der Waals surface area contributed by atoms with Crippen molar-refractivity contribution in [3.05, 3.63) is 23.0 Å². The lowest BCUT2D eigenvalue weighted by Gasteiger charge is -2.14. The van der Waals surface area contributed by atoms with E-state index in [2.05, 4.69) is 5.32 Å². The number of carbonyl (C=O) groups is 3. The summed E-state index contributed by atoms with van der Waals surface area (Å²) in [5.74, 6) is -2.74. The van der Waals surface area contributed by atoms with Crippen LogP contribution in [0.25, 0.3) is 0 Å². The third-order valence-electron chi connectivity index (χ3n) is 2.57. The van der Waals surface area contributed by atoms with Crippen LogP contribution in [0.3, 0.4) is 0 Å². The number of aliphatic carboxylic acids is 1. The molecule has 0 aromatic carbocycles. The van der Waals surface area contributed by atoms with Crippen molar-refractivity contribution in [3.63, 3.8) is 0 Å². The number of carboxylic acids is 1. The molecule has 1 atom stereocenters. The molecule has 0 saturated heterocycles. The van der Waals surface area contributed by atoms with Gasteiger partial charge < -0.3 is 20.7 Å². The Bertz CT molecular complexity index is 527. The number of carboxylic acid groups (broad SMARTS) is 1. The molecule has 110 valence electrons. The van der Waals surface area contributed by atoms with Gasteiger partial charge in [0.15, 0.2) is 0 Å². The lowest BCUT2D eigenvalue weighted by Crippen LogP contribution is -2.43. The lowest BCUT2D eigenvalue weighted by molar-refractivity contribution is -0.140. The molecule has 1 aromatic rings. The number of nitrogens with zero attached hydrogens (tertiary/aromatic N) is 1. The number of aromatic nitrogens is 1. The zero-order valence-corrected chi connectivity index (χ0v) is 11.7. The molecule has 1 rings (SSSR count). The summed E-state index contributed by atoms with van der Waals surface area (Å²) >= 11 is 5.84. The SMILES string of the molecule is CCCn1cc(Cl)cc1C(=O)NC(CC(N)=O)C(=O)O. The van der Waals surface area contributed by atoms with Crippen LogP contribution in [0.2, 0.25) is 5.02 Å². The summed E-state index contributed by atoms with van der Waals surface area (Å²) in [5, 5.41) is 11.6. The van der Waals surface area contributed by atoms with E-state index in [1.54, 1.807) is 10.8 Å². The number of primary amides is 1. The molecule has 1 heterocycles. The number of aryl methyl sites for hydroxylation is 1. The molecule has 1 unspecified atom stereocenters. The van der Waals surface area contributed by atoms with E-state index in [-0.39, 0.29) is 5.69 Å². The van der Waals surface area contributed by atoms with Gasteiger partial charge in [0.25, 0.3) is 5.91 Å².